The molecule has 0 amide bonds. The minimum absolute atomic E-state index is 0.343. The Morgan fingerprint density at radius 2 is 1.89 bits per heavy atom. The van der Waals surface area contributed by atoms with Gasteiger partial charge in [0.15, 0.2) is 0 Å². The number of aliphatic hydroxyl groups is 2. The molecular formula is C23H29NO4. The second kappa shape index (κ2) is 7.74. The summed E-state index contributed by atoms with van der Waals surface area (Å²) in [6.45, 7) is 4.35. The van der Waals surface area contributed by atoms with E-state index in [0.29, 0.717) is 13.0 Å². The van der Waals surface area contributed by atoms with Crippen molar-refractivity contribution in [1.29, 1.82) is 0 Å². The van der Waals surface area contributed by atoms with E-state index in [-0.39, 0.29) is 5.60 Å². The van der Waals surface area contributed by atoms with Crippen molar-refractivity contribution in [1.82, 2.24) is 4.90 Å². The molecular weight excluding hydrogens is 354 g/mol. The number of hydrogen-bond donors (Lipinski definition) is 2. The van der Waals surface area contributed by atoms with Crippen LogP contribution in [0.1, 0.15) is 48.2 Å². The monoisotopic (exact) mass is 383 g/mol. The number of methoxy groups -OCH3 is 1. The van der Waals surface area contributed by atoms with Gasteiger partial charge in [0, 0.05) is 37.7 Å². The fraction of sp³-hybridized carbons (Fsp3) is 0.478. The van der Waals surface area contributed by atoms with Crippen molar-refractivity contribution < 1.29 is 19.7 Å². The molecule has 150 valence electrons. The van der Waals surface area contributed by atoms with Crippen LogP contribution >= 0.6 is 0 Å². The van der Waals surface area contributed by atoms with Gasteiger partial charge < -0.3 is 24.6 Å². The van der Waals surface area contributed by atoms with Gasteiger partial charge in [-0.05, 0) is 37.5 Å². The zero-order chi connectivity index (χ0) is 19.7. The molecule has 0 bridgehead atoms. The first-order valence-corrected chi connectivity index (χ1v) is 10.00. The van der Waals surface area contributed by atoms with Crippen LogP contribution in [0, 0.1) is 6.92 Å². The van der Waals surface area contributed by atoms with Gasteiger partial charge in [-0.2, -0.15) is 0 Å². The molecule has 2 aliphatic rings. The topological polar surface area (TPSA) is 62.2 Å². The standard InChI is InChI=1S/C23H29NO4/c1-16-3-5-17(6-4-16)21(26)15-24-11-9-23(10-12-24)14-20(25)19-8-7-18(27-2)13-22(19)28-23/h3-8,13,20-21,25-26H,9-12,14-15H2,1-2H3. The Hall–Kier alpha value is -2.08. The van der Waals surface area contributed by atoms with E-state index < -0.39 is 12.2 Å². The highest BCUT2D eigenvalue weighted by molar-refractivity contribution is 5.44. The highest BCUT2D eigenvalue weighted by atomic mass is 16.5. The Kier molecular flexibility index (Phi) is 5.32. The molecule has 28 heavy (non-hydrogen) atoms. The van der Waals surface area contributed by atoms with Crippen LogP contribution in [0.15, 0.2) is 42.5 Å². The Morgan fingerprint density at radius 1 is 1.18 bits per heavy atom. The van der Waals surface area contributed by atoms with Crippen molar-refractivity contribution in [3.63, 3.8) is 0 Å². The van der Waals surface area contributed by atoms with E-state index in [0.717, 1.165) is 48.6 Å². The highest BCUT2D eigenvalue weighted by Crippen LogP contribution is 2.45. The quantitative estimate of drug-likeness (QED) is 0.847. The Morgan fingerprint density at radius 3 is 2.57 bits per heavy atom. The number of piperidine rings is 1. The number of benzene rings is 2. The van der Waals surface area contributed by atoms with E-state index in [1.54, 1.807) is 7.11 Å². The molecule has 2 atom stereocenters. The van der Waals surface area contributed by atoms with E-state index >= 15 is 0 Å². The number of aryl methyl sites for hydroxylation is 1. The fourth-order valence-corrected chi connectivity index (χ4v) is 4.33. The second-order valence-corrected chi connectivity index (χ2v) is 8.14. The van der Waals surface area contributed by atoms with Crippen LogP contribution in [0.2, 0.25) is 0 Å². The lowest BCUT2D eigenvalue weighted by Crippen LogP contribution is -2.51. The van der Waals surface area contributed by atoms with Crippen LogP contribution in [0.3, 0.4) is 0 Å². The van der Waals surface area contributed by atoms with E-state index in [1.807, 2.05) is 49.4 Å². The SMILES string of the molecule is COc1ccc2c(c1)OC1(CCN(CC(O)c3ccc(C)cc3)CC1)CC2O. The van der Waals surface area contributed by atoms with E-state index in [1.165, 1.54) is 5.56 Å². The number of hydrogen-bond acceptors (Lipinski definition) is 5. The molecule has 0 radical (unpaired) electrons. The van der Waals surface area contributed by atoms with Gasteiger partial charge >= 0.3 is 0 Å². The summed E-state index contributed by atoms with van der Waals surface area (Å²) < 4.78 is 11.7. The number of aliphatic hydroxyl groups excluding tert-OH is 2. The minimum atomic E-state index is -0.514. The number of ether oxygens (including phenoxy) is 2. The molecule has 2 unspecified atom stereocenters. The summed E-state index contributed by atoms with van der Waals surface area (Å²) in [5.41, 5.74) is 2.64. The second-order valence-electron chi connectivity index (χ2n) is 8.14. The van der Waals surface area contributed by atoms with Crippen LogP contribution in [0.5, 0.6) is 11.5 Å². The largest absolute Gasteiger partial charge is 0.497 e. The molecule has 2 N–H and O–H groups in total. The summed E-state index contributed by atoms with van der Waals surface area (Å²) in [4.78, 5) is 2.28. The maximum absolute atomic E-state index is 10.7. The summed E-state index contributed by atoms with van der Waals surface area (Å²) in [5.74, 6) is 1.47. The summed E-state index contributed by atoms with van der Waals surface area (Å²) in [6.07, 6.45) is 1.28. The lowest BCUT2D eigenvalue weighted by molar-refractivity contribution is -0.0588. The molecule has 5 nitrogen and oxygen atoms in total. The molecule has 1 saturated heterocycles. The molecule has 2 heterocycles. The van der Waals surface area contributed by atoms with Gasteiger partial charge in [0.25, 0.3) is 0 Å². The van der Waals surface area contributed by atoms with Crippen molar-refractivity contribution in [2.75, 3.05) is 26.7 Å². The van der Waals surface area contributed by atoms with Gasteiger partial charge in [-0.3, -0.25) is 0 Å². The molecule has 5 heteroatoms. The van der Waals surface area contributed by atoms with Gasteiger partial charge in [-0.25, -0.2) is 0 Å². The number of fused-ring (bicyclic) bond motifs is 1. The molecule has 0 aromatic heterocycles. The van der Waals surface area contributed by atoms with Crippen molar-refractivity contribution >= 4 is 0 Å². The zero-order valence-electron chi connectivity index (χ0n) is 16.6. The number of rotatable bonds is 4. The maximum Gasteiger partial charge on any atom is 0.129 e. The van der Waals surface area contributed by atoms with Gasteiger partial charge in [0.2, 0.25) is 0 Å². The van der Waals surface area contributed by atoms with Crippen molar-refractivity contribution in [3.05, 3.63) is 59.2 Å². The van der Waals surface area contributed by atoms with E-state index in [9.17, 15) is 10.2 Å². The van der Waals surface area contributed by atoms with E-state index in [2.05, 4.69) is 4.90 Å². The summed E-state index contributed by atoms with van der Waals surface area (Å²) >= 11 is 0. The summed E-state index contributed by atoms with van der Waals surface area (Å²) in [6, 6.07) is 13.7. The first kappa shape index (κ1) is 19.2. The smallest absolute Gasteiger partial charge is 0.129 e. The third-order valence-electron chi connectivity index (χ3n) is 6.13. The third kappa shape index (κ3) is 3.88. The van der Waals surface area contributed by atoms with Crippen LogP contribution in [-0.4, -0.2) is 47.5 Å². The Labute approximate surface area is 166 Å². The molecule has 1 fully saturated rings. The van der Waals surface area contributed by atoms with Crippen molar-refractivity contribution in [2.45, 2.75) is 44.0 Å². The first-order chi connectivity index (χ1) is 13.5. The summed E-state index contributed by atoms with van der Waals surface area (Å²) in [7, 11) is 1.63. The normalized spacial score (nSPS) is 22.4. The van der Waals surface area contributed by atoms with Crippen LogP contribution in [0.4, 0.5) is 0 Å². The van der Waals surface area contributed by atoms with Gasteiger partial charge in [0.05, 0.1) is 19.3 Å². The molecule has 2 aliphatic heterocycles. The number of β-amino-alcohol motifs (C(OH)–C–C–N with tert-alkyl or cyclic N) is 1. The predicted molar refractivity (Wildman–Crippen MR) is 108 cm³/mol. The van der Waals surface area contributed by atoms with Crippen LogP contribution in [0.25, 0.3) is 0 Å². The van der Waals surface area contributed by atoms with E-state index in [4.69, 9.17) is 9.47 Å². The average Bonchev–Trinajstić information content (AvgIpc) is 2.70. The molecule has 0 saturated carbocycles. The van der Waals surface area contributed by atoms with Gasteiger partial charge in [-0.15, -0.1) is 0 Å². The van der Waals surface area contributed by atoms with Crippen LogP contribution in [-0.2, 0) is 0 Å². The minimum Gasteiger partial charge on any atom is -0.497 e. The lowest BCUT2D eigenvalue weighted by Gasteiger charge is -2.46. The van der Waals surface area contributed by atoms with Crippen molar-refractivity contribution in [2.24, 2.45) is 0 Å². The fourth-order valence-electron chi connectivity index (χ4n) is 4.33. The Balaban J connectivity index is 1.40. The first-order valence-electron chi connectivity index (χ1n) is 10.00. The summed E-state index contributed by atoms with van der Waals surface area (Å²) in [5, 5.41) is 21.2. The van der Waals surface area contributed by atoms with Gasteiger partial charge in [0.1, 0.15) is 17.1 Å². The zero-order valence-corrected chi connectivity index (χ0v) is 16.6. The van der Waals surface area contributed by atoms with Gasteiger partial charge in [-0.1, -0.05) is 29.8 Å². The lowest BCUT2D eigenvalue weighted by atomic mass is 9.81. The average molecular weight is 383 g/mol. The molecule has 4 rings (SSSR count). The molecule has 0 aliphatic carbocycles. The molecule has 1 spiro atoms. The maximum atomic E-state index is 10.7. The molecule has 2 aromatic carbocycles. The number of likely N-dealkylation sites (tertiary alicyclic amines) is 1. The third-order valence-corrected chi connectivity index (χ3v) is 6.13. The van der Waals surface area contributed by atoms with Crippen molar-refractivity contribution in [3.8, 4) is 11.5 Å². The van der Waals surface area contributed by atoms with Crippen LogP contribution < -0.4 is 9.47 Å². The highest BCUT2D eigenvalue weighted by Gasteiger charge is 2.43. The predicted octanol–water partition coefficient (Wildman–Crippen LogP) is 3.39. The number of nitrogens with zero attached hydrogens (tertiary/aromatic N) is 1. The molecule has 2 aromatic rings. The Bertz CT molecular complexity index is 812.